The molecule has 1 N–H and O–H groups in total. The average Bonchev–Trinajstić information content (AvgIpc) is 3.30. The third kappa shape index (κ3) is 4.56. The number of ether oxygens (including phenoxy) is 1. The molecule has 160 valence electrons. The van der Waals surface area contributed by atoms with E-state index in [0.29, 0.717) is 28.9 Å². The largest absolute Gasteiger partial charge is 0.472 e. The first-order chi connectivity index (χ1) is 14.7. The number of hydrogen-bond donors (Lipinski definition) is 1. The van der Waals surface area contributed by atoms with E-state index >= 15 is 0 Å². The summed E-state index contributed by atoms with van der Waals surface area (Å²) in [4.78, 5) is 9.12. The summed E-state index contributed by atoms with van der Waals surface area (Å²) >= 11 is 0. The first kappa shape index (κ1) is 20.6. The summed E-state index contributed by atoms with van der Waals surface area (Å²) in [5, 5.41) is 13.4. The van der Waals surface area contributed by atoms with Gasteiger partial charge in [0, 0.05) is 43.5 Å². The number of amidine groups is 1. The second-order valence-electron chi connectivity index (χ2n) is 8.07. The molecule has 30 heavy (non-hydrogen) atoms. The lowest BCUT2D eigenvalue weighted by Crippen LogP contribution is -2.51. The Morgan fingerprint density at radius 3 is 2.57 bits per heavy atom. The van der Waals surface area contributed by atoms with E-state index in [0.717, 1.165) is 31.9 Å². The molecule has 1 saturated carbocycles. The normalized spacial score (nSPS) is 18.7. The Labute approximate surface area is 177 Å². The van der Waals surface area contributed by atoms with Crippen molar-refractivity contribution in [3.8, 4) is 5.88 Å². The molecule has 0 amide bonds. The van der Waals surface area contributed by atoms with Crippen LogP contribution in [0.15, 0.2) is 41.6 Å². The van der Waals surface area contributed by atoms with E-state index in [1.807, 2.05) is 19.1 Å². The molecule has 0 spiro atoms. The predicted octanol–water partition coefficient (Wildman–Crippen LogP) is 3.80. The Kier molecular flexibility index (Phi) is 6.47. The average molecular weight is 413 g/mol. The van der Waals surface area contributed by atoms with Crippen LogP contribution in [0, 0.1) is 12.7 Å². The molecule has 1 aliphatic carbocycles. The van der Waals surface area contributed by atoms with Gasteiger partial charge < -0.3 is 14.8 Å². The van der Waals surface area contributed by atoms with E-state index in [1.54, 1.807) is 18.2 Å². The summed E-state index contributed by atoms with van der Waals surface area (Å²) in [5.41, 5.74) is 1.86. The van der Waals surface area contributed by atoms with Crippen LogP contribution < -0.4 is 4.74 Å². The number of pyridine rings is 1. The lowest BCUT2D eigenvalue weighted by atomic mass is 10.1. The number of aromatic nitrogens is 1. The molecular formula is C23H29FN4O2. The highest BCUT2D eigenvalue weighted by Gasteiger charge is 2.29. The fourth-order valence-electron chi connectivity index (χ4n) is 4.43. The molecular weight excluding hydrogens is 383 g/mol. The molecule has 1 aliphatic heterocycles. The minimum Gasteiger partial charge on any atom is -0.472 e. The number of hydrogen-bond acceptors (Lipinski definition) is 5. The third-order valence-corrected chi connectivity index (χ3v) is 6.11. The van der Waals surface area contributed by atoms with Crippen molar-refractivity contribution >= 4 is 5.84 Å². The van der Waals surface area contributed by atoms with E-state index in [1.165, 1.54) is 31.7 Å². The van der Waals surface area contributed by atoms with Crippen LogP contribution >= 0.6 is 0 Å². The zero-order valence-corrected chi connectivity index (χ0v) is 17.4. The standard InChI is InChI=1S/C23H29FN4O2/c1-17-10-11-20(23(25-17)30-16-18-6-2-5-9-21(18)24)22(26-29)28-14-12-27(13-15-28)19-7-3-4-8-19/h2,5-6,9-11,19,29H,3-4,7-8,12-16H2,1H3/b26-22-. The number of halogens is 1. The molecule has 2 heterocycles. The maximum absolute atomic E-state index is 14.0. The first-order valence-corrected chi connectivity index (χ1v) is 10.7. The van der Waals surface area contributed by atoms with Gasteiger partial charge in [-0.3, -0.25) is 4.90 Å². The van der Waals surface area contributed by atoms with Gasteiger partial charge in [0.25, 0.3) is 0 Å². The van der Waals surface area contributed by atoms with Gasteiger partial charge in [-0.15, -0.1) is 0 Å². The smallest absolute Gasteiger partial charge is 0.225 e. The maximum Gasteiger partial charge on any atom is 0.225 e. The monoisotopic (exact) mass is 412 g/mol. The van der Waals surface area contributed by atoms with Gasteiger partial charge >= 0.3 is 0 Å². The molecule has 2 aromatic rings. The number of benzene rings is 1. The van der Waals surface area contributed by atoms with Gasteiger partial charge in [0.1, 0.15) is 12.4 Å². The van der Waals surface area contributed by atoms with E-state index in [4.69, 9.17) is 4.74 Å². The van der Waals surface area contributed by atoms with Crippen LogP contribution in [-0.2, 0) is 6.61 Å². The van der Waals surface area contributed by atoms with Crippen molar-refractivity contribution < 1.29 is 14.3 Å². The quantitative estimate of drug-likeness (QED) is 0.350. The highest BCUT2D eigenvalue weighted by atomic mass is 19.1. The second-order valence-corrected chi connectivity index (χ2v) is 8.07. The second kappa shape index (κ2) is 9.43. The molecule has 1 aromatic carbocycles. The zero-order valence-electron chi connectivity index (χ0n) is 17.4. The zero-order chi connectivity index (χ0) is 20.9. The molecule has 0 bridgehead atoms. The van der Waals surface area contributed by atoms with E-state index in [9.17, 15) is 9.60 Å². The van der Waals surface area contributed by atoms with E-state index in [-0.39, 0.29) is 12.4 Å². The van der Waals surface area contributed by atoms with Crippen molar-refractivity contribution in [2.75, 3.05) is 26.2 Å². The van der Waals surface area contributed by atoms with Gasteiger partial charge in [0.2, 0.25) is 5.88 Å². The Bertz CT molecular complexity index is 891. The minimum absolute atomic E-state index is 0.0598. The first-order valence-electron chi connectivity index (χ1n) is 10.7. The molecule has 4 rings (SSSR count). The number of aryl methyl sites for hydroxylation is 1. The van der Waals surface area contributed by atoms with Crippen molar-refractivity contribution in [3.63, 3.8) is 0 Å². The van der Waals surface area contributed by atoms with Crippen LogP contribution in [-0.4, -0.2) is 58.0 Å². The highest BCUT2D eigenvalue weighted by Crippen LogP contribution is 2.26. The van der Waals surface area contributed by atoms with E-state index < -0.39 is 0 Å². The van der Waals surface area contributed by atoms with Gasteiger partial charge in [-0.1, -0.05) is 36.2 Å². The molecule has 1 aromatic heterocycles. The highest BCUT2D eigenvalue weighted by molar-refractivity contribution is 6.00. The van der Waals surface area contributed by atoms with Crippen molar-refractivity contribution in [2.45, 2.75) is 45.3 Å². The summed E-state index contributed by atoms with van der Waals surface area (Å²) < 4.78 is 19.9. The molecule has 2 fully saturated rings. The fraction of sp³-hybridized carbons (Fsp3) is 0.478. The molecule has 7 heteroatoms. The minimum atomic E-state index is -0.314. The summed E-state index contributed by atoms with van der Waals surface area (Å²) in [5.74, 6) is 0.493. The Hall–Kier alpha value is -2.67. The van der Waals surface area contributed by atoms with Gasteiger partial charge in [-0.05, 0) is 38.0 Å². The van der Waals surface area contributed by atoms with Crippen LogP contribution in [0.2, 0.25) is 0 Å². The maximum atomic E-state index is 14.0. The Balaban J connectivity index is 1.48. The number of piperazine rings is 1. The lowest BCUT2D eigenvalue weighted by molar-refractivity contribution is 0.131. The van der Waals surface area contributed by atoms with Crippen molar-refractivity contribution in [2.24, 2.45) is 5.16 Å². The molecule has 6 nitrogen and oxygen atoms in total. The van der Waals surface area contributed by atoms with Crippen LogP contribution in [0.25, 0.3) is 0 Å². The van der Waals surface area contributed by atoms with Gasteiger partial charge in [0.05, 0.1) is 5.56 Å². The molecule has 0 atom stereocenters. The number of nitrogens with zero attached hydrogens (tertiary/aromatic N) is 4. The van der Waals surface area contributed by atoms with Gasteiger partial charge in [0.15, 0.2) is 5.84 Å². The summed E-state index contributed by atoms with van der Waals surface area (Å²) in [6.45, 7) is 5.41. The molecule has 2 aliphatic rings. The predicted molar refractivity (Wildman–Crippen MR) is 113 cm³/mol. The van der Waals surface area contributed by atoms with Crippen molar-refractivity contribution in [3.05, 3.63) is 59.0 Å². The molecule has 0 radical (unpaired) electrons. The van der Waals surface area contributed by atoms with Crippen LogP contribution in [0.4, 0.5) is 4.39 Å². The Morgan fingerprint density at radius 2 is 1.87 bits per heavy atom. The van der Waals surface area contributed by atoms with Gasteiger partial charge in [-0.25, -0.2) is 9.37 Å². The lowest BCUT2D eigenvalue weighted by Gasteiger charge is -2.39. The van der Waals surface area contributed by atoms with Crippen LogP contribution in [0.3, 0.4) is 0 Å². The summed E-state index contributed by atoms with van der Waals surface area (Å²) in [6, 6.07) is 10.9. The summed E-state index contributed by atoms with van der Waals surface area (Å²) in [7, 11) is 0. The third-order valence-electron chi connectivity index (χ3n) is 6.11. The topological polar surface area (TPSA) is 61.2 Å². The fourth-order valence-corrected chi connectivity index (χ4v) is 4.43. The van der Waals surface area contributed by atoms with Gasteiger partial charge in [-0.2, -0.15) is 0 Å². The number of rotatable bonds is 5. The number of oxime groups is 1. The molecule has 0 unspecified atom stereocenters. The Morgan fingerprint density at radius 1 is 1.13 bits per heavy atom. The molecule has 1 saturated heterocycles. The SMILES string of the molecule is Cc1ccc(/C(=N/O)N2CCN(C3CCCC3)CC2)c(OCc2ccccc2F)n1. The van der Waals surface area contributed by atoms with Crippen molar-refractivity contribution in [1.29, 1.82) is 0 Å². The van der Waals surface area contributed by atoms with E-state index in [2.05, 4.69) is 19.9 Å². The van der Waals surface area contributed by atoms with Crippen LogP contribution in [0.5, 0.6) is 5.88 Å². The summed E-state index contributed by atoms with van der Waals surface area (Å²) in [6.07, 6.45) is 5.23. The van der Waals surface area contributed by atoms with Crippen molar-refractivity contribution in [1.82, 2.24) is 14.8 Å². The van der Waals surface area contributed by atoms with Crippen LogP contribution in [0.1, 0.15) is 42.5 Å².